The third-order valence-electron chi connectivity index (χ3n) is 2.72. The maximum Gasteiger partial charge on any atom is 0.271 e. The number of ether oxygens (including phenoxy) is 1. The normalized spacial score (nSPS) is 10.1. The minimum Gasteiger partial charge on any atom is -0.496 e. The van der Waals surface area contributed by atoms with Gasteiger partial charge in [-0.1, -0.05) is 15.9 Å². The van der Waals surface area contributed by atoms with Crippen molar-refractivity contribution in [2.45, 2.75) is 6.42 Å². The predicted molar refractivity (Wildman–Crippen MR) is 78.8 cm³/mol. The van der Waals surface area contributed by atoms with Gasteiger partial charge in [-0.2, -0.15) is 0 Å². The minimum atomic E-state index is -0.230. The zero-order valence-electron chi connectivity index (χ0n) is 11.0. The van der Waals surface area contributed by atoms with Crippen LogP contribution in [-0.2, 0) is 6.42 Å². The van der Waals surface area contributed by atoms with Crippen molar-refractivity contribution in [1.82, 2.24) is 15.3 Å². The molecule has 0 fully saturated rings. The van der Waals surface area contributed by atoms with E-state index in [1.54, 1.807) is 7.11 Å². The second-order valence-corrected chi connectivity index (χ2v) is 4.97. The van der Waals surface area contributed by atoms with E-state index in [1.165, 1.54) is 18.6 Å². The van der Waals surface area contributed by atoms with Gasteiger partial charge in [-0.15, -0.1) is 0 Å². The molecular formula is C14H14BrN3O2. The average Bonchev–Trinajstić information content (AvgIpc) is 2.48. The molecule has 20 heavy (non-hydrogen) atoms. The van der Waals surface area contributed by atoms with E-state index >= 15 is 0 Å². The SMILES string of the molecule is COc1ccc(Br)cc1CCNC(=O)c1cnccn1. The second kappa shape index (κ2) is 7.00. The van der Waals surface area contributed by atoms with Crippen molar-refractivity contribution in [1.29, 1.82) is 0 Å². The van der Waals surface area contributed by atoms with Crippen LogP contribution >= 0.6 is 15.9 Å². The van der Waals surface area contributed by atoms with Crippen molar-refractivity contribution >= 4 is 21.8 Å². The molecule has 1 aromatic carbocycles. The number of hydrogen-bond acceptors (Lipinski definition) is 4. The molecular weight excluding hydrogens is 322 g/mol. The Morgan fingerprint density at radius 3 is 2.95 bits per heavy atom. The monoisotopic (exact) mass is 335 g/mol. The Hall–Kier alpha value is -1.95. The Morgan fingerprint density at radius 2 is 2.25 bits per heavy atom. The number of hydrogen-bond donors (Lipinski definition) is 1. The maximum absolute atomic E-state index is 11.8. The Morgan fingerprint density at radius 1 is 1.40 bits per heavy atom. The van der Waals surface area contributed by atoms with Crippen LogP contribution in [0.3, 0.4) is 0 Å². The van der Waals surface area contributed by atoms with Crippen LogP contribution in [0.4, 0.5) is 0 Å². The smallest absolute Gasteiger partial charge is 0.271 e. The topological polar surface area (TPSA) is 64.1 Å². The molecule has 0 atom stereocenters. The highest BCUT2D eigenvalue weighted by atomic mass is 79.9. The third-order valence-corrected chi connectivity index (χ3v) is 3.21. The fraction of sp³-hybridized carbons (Fsp3) is 0.214. The van der Waals surface area contributed by atoms with Gasteiger partial charge in [0.25, 0.3) is 5.91 Å². The van der Waals surface area contributed by atoms with Crippen LogP contribution in [0, 0.1) is 0 Å². The molecule has 6 heteroatoms. The van der Waals surface area contributed by atoms with Gasteiger partial charge in [0.15, 0.2) is 0 Å². The molecule has 2 rings (SSSR count). The van der Waals surface area contributed by atoms with Crippen molar-refractivity contribution in [2.24, 2.45) is 0 Å². The van der Waals surface area contributed by atoms with E-state index in [0.717, 1.165) is 15.8 Å². The summed E-state index contributed by atoms with van der Waals surface area (Å²) in [6, 6.07) is 5.79. The quantitative estimate of drug-likeness (QED) is 0.909. The lowest BCUT2D eigenvalue weighted by molar-refractivity contribution is 0.0948. The average molecular weight is 336 g/mol. The van der Waals surface area contributed by atoms with Gasteiger partial charge in [0.2, 0.25) is 0 Å². The predicted octanol–water partition coefficient (Wildman–Crippen LogP) is 2.22. The van der Waals surface area contributed by atoms with Crippen LogP contribution < -0.4 is 10.1 Å². The van der Waals surface area contributed by atoms with Gasteiger partial charge in [-0.25, -0.2) is 4.98 Å². The van der Waals surface area contributed by atoms with Crippen molar-refractivity contribution in [3.63, 3.8) is 0 Å². The Labute approximate surface area is 125 Å². The van der Waals surface area contributed by atoms with Crippen molar-refractivity contribution in [3.05, 3.63) is 52.5 Å². The summed E-state index contributed by atoms with van der Waals surface area (Å²) in [7, 11) is 1.63. The number of carbonyl (C=O) groups excluding carboxylic acids is 1. The van der Waals surface area contributed by atoms with E-state index in [9.17, 15) is 4.79 Å². The first-order valence-electron chi connectivity index (χ1n) is 6.07. The fourth-order valence-corrected chi connectivity index (χ4v) is 2.17. The molecule has 0 aliphatic heterocycles. The van der Waals surface area contributed by atoms with Gasteiger partial charge in [-0.05, 0) is 30.2 Å². The molecule has 5 nitrogen and oxygen atoms in total. The minimum absolute atomic E-state index is 0.230. The molecule has 1 N–H and O–H groups in total. The van der Waals surface area contributed by atoms with Crippen molar-refractivity contribution in [3.8, 4) is 5.75 Å². The molecule has 0 aliphatic rings. The van der Waals surface area contributed by atoms with E-state index in [4.69, 9.17) is 4.74 Å². The zero-order chi connectivity index (χ0) is 14.4. The number of nitrogens with zero attached hydrogens (tertiary/aromatic N) is 2. The summed E-state index contributed by atoms with van der Waals surface area (Å²) in [6.45, 7) is 0.502. The summed E-state index contributed by atoms with van der Waals surface area (Å²) in [5.74, 6) is 0.578. The van der Waals surface area contributed by atoms with E-state index in [0.29, 0.717) is 18.7 Å². The van der Waals surface area contributed by atoms with E-state index in [1.807, 2.05) is 18.2 Å². The van der Waals surface area contributed by atoms with Crippen LogP contribution in [0.2, 0.25) is 0 Å². The lowest BCUT2D eigenvalue weighted by Gasteiger charge is -2.09. The summed E-state index contributed by atoms with van der Waals surface area (Å²) in [4.78, 5) is 19.6. The number of carbonyl (C=O) groups is 1. The summed E-state index contributed by atoms with van der Waals surface area (Å²) in [5, 5.41) is 2.81. The van der Waals surface area contributed by atoms with E-state index in [-0.39, 0.29) is 5.91 Å². The van der Waals surface area contributed by atoms with Gasteiger partial charge >= 0.3 is 0 Å². The summed E-state index contributed by atoms with van der Waals surface area (Å²) >= 11 is 3.42. The highest BCUT2D eigenvalue weighted by Crippen LogP contribution is 2.23. The summed E-state index contributed by atoms with van der Waals surface area (Å²) in [5.41, 5.74) is 1.34. The molecule has 0 bridgehead atoms. The molecule has 0 saturated carbocycles. The molecule has 0 saturated heterocycles. The molecule has 0 spiro atoms. The number of benzene rings is 1. The molecule has 0 aliphatic carbocycles. The number of halogens is 1. The number of rotatable bonds is 5. The second-order valence-electron chi connectivity index (χ2n) is 4.05. The highest BCUT2D eigenvalue weighted by molar-refractivity contribution is 9.10. The maximum atomic E-state index is 11.8. The molecule has 2 aromatic rings. The first kappa shape index (κ1) is 14.5. The summed E-state index contributed by atoms with van der Waals surface area (Å²) < 4.78 is 6.27. The van der Waals surface area contributed by atoms with Gasteiger partial charge in [-0.3, -0.25) is 9.78 Å². The molecule has 1 aromatic heterocycles. The van der Waals surface area contributed by atoms with Crippen LogP contribution in [0.5, 0.6) is 5.75 Å². The largest absolute Gasteiger partial charge is 0.496 e. The first-order chi connectivity index (χ1) is 9.70. The Bertz CT molecular complexity index is 590. The van der Waals surface area contributed by atoms with Crippen LogP contribution in [0.15, 0.2) is 41.3 Å². The molecule has 1 heterocycles. The van der Waals surface area contributed by atoms with Crippen molar-refractivity contribution in [2.75, 3.05) is 13.7 Å². The van der Waals surface area contributed by atoms with Gasteiger partial charge in [0.1, 0.15) is 11.4 Å². The van der Waals surface area contributed by atoms with E-state index in [2.05, 4.69) is 31.2 Å². The van der Waals surface area contributed by atoms with E-state index < -0.39 is 0 Å². The molecule has 0 unspecified atom stereocenters. The Balaban J connectivity index is 1.93. The standard InChI is InChI=1S/C14H14BrN3O2/c1-20-13-3-2-11(15)8-10(13)4-5-18-14(19)12-9-16-6-7-17-12/h2-3,6-9H,4-5H2,1H3,(H,18,19). The van der Waals surface area contributed by atoms with Crippen LogP contribution in [0.25, 0.3) is 0 Å². The summed E-state index contributed by atoms with van der Waals surface area (Å²) in [6.07, 6.45) is 5.14. The Kier molecular flexibility index (Phi) is 5.06. The third kappa shape index (κ3) is 3.77. The lowest BCUT2D eigenvalue weighted by atomic mass is 10.1. The van der Waals surface area contributed by atoms with Crippen LogP contribution in [0.1, 0.15) is 16.1 Å². The fourth-order valence-electron chi connectivity index (χ4n) is 1.76. The highest BCUT2D eigenvalue weighted by Gasteiger charge is 2.08. The van der Waals surface area contributed by atoms with Gasteiger partial charge < -0.3 is 10.1 Å². The van der Waals surface area contributed by atoms with Crippen molar-refractivity contribution < 1.29 is 9.53 Å². The lowest BCUT2D eigenvalue weighted by Crippen LogP contribution is -2.26. The molecule has 0 radical (unpaired) electrons. The number of methoxy groups -OCH3 is 1. The first-order valence-corrected chi connectivity index (χ1v) is 6.86. The zero-order valence-corrected chi connectivity index (χ0v) is 12.6. The number of amides is 1. The molecule has 1 amide bonds. The van der Waals surface area contributed by atoms with Crippen LogP contribution in [-0.4, -0.2) is 29.5 Å². The molecule has 104 valence electrons. The number of nitrogens with one attached hydrogen (secondary N) is 1. The van der Waals surface area contributed by atoms with Gasteiger partial charge in [0, 0.05) is 23.4 Å². The number of aromatic nitrogens is 2. The van der Waals surface area contributed by atoms with Gasteiger partial charge in [0.05, 0.1) is 13.3 Å².